The van der Waals surface area contributed by atoms with Gasteiger partial charge in [0.05, 0.1) is 17.0 Å². The van der Waals surface area contributed by atoms with Crippen LogP contribution in [0.5, 0.6) is 0 Å². The number of nitrogens with two attached hydrogens (primary N) is 1. The number of nitrogens with one attached hydrogen (secondary N) is 2. The van der Waals surface area contributed by atoms with E-state index < -0.39 is 5.91 Å². The van der Waals surface area contributed by atoms with Crippen molar-refractivity contribution in [3.05, 3.63) is 58.5 Å². The van der Waals surface area contributed by atoms with E-state index >= 15 is 0 Å². The largest absolute Gasteiger partial charge is 0.369 e. The molecular weight excluding hydrogens is 290 g/mol. The number of thioether (sulfide) groups is 1. The molecule has 21 heavy (non-hydrogen) atoms. The summed E-state index contributed by atoms with van der Waals surface area (Å²) in [7, 11) is 0. The molecule has 1 aromatic carbocycles. The molecule has 0 bridgehead atoms. The smallest absolute Gasteiger partial charge is 0.257 e. The van der Waals surface area contributed by atoms with E-state index in [0.29, 0.717) is 11.3 Å². The summed E-state index contributed by atoms with van der Waals surface area (Å²) in [5.41, 5.74) is 5.76. The molecule has 0 unspecified atom stereocenters. The minimum atomic E-state index is -0.429. The van der Waals surface area contributed by atoms with Gasteiger partial charge in [-0.15, -0.1) is 11.8 Å². The standard InChI is InChI=1S/C14H13N3O3S/c15-12(18)8-21-11-4-2-1-3-10(11)17-14(20)9-5-6-13(19)16-7-9/h1-7H,8H2,(H2,15,18)(H,16,19)(H,17,20). The Morgan fingerprint density at radius 1 is 1.19 bits per heavy atom. The van der Waals surface area contributed by atoms with Gasteiger partial charge >= 0.3 is 0 Å². The van der Waals surface area contributed by atoms with Crippen molar-refractivity contribution in [3.8, 4) is 0 Å². The number of para-hydroxylation sites is 1. The van der Waals surface area contributed by atoms with Gasteiger partial charge in [0.1, 0.15) is 0 Å². The fourth-order valence-electron chi connectivity index (χ4n) is 1.59. The average Bonchev–Trinajstić information content (AvgIpc) is 2.47. The van der Waals surface area contributed by atoms with Gasteiger partial charge in [-0.1, -0.05) is 12.1 Å². The maximum Gasteiger partial charge on any atom is 0.257 e. The fraction of sp³-hybridized carbons (Fsp3) is 0.0714. The molecule has 0 saturated carbocycles. The van der Waals surface area contributed by atoms with Crippen LogP contribution in [0.25, 0.3) is 0 Å². The summed E-state index contributed by atoms with van der Waals surface area (Å²) in [6.07, 6.45) is 1.34. The van der Waals surface area contributed by atoms with Gasteiger partial charge in [0.2, 0.25) is 11.5 Å². The first-order valence-corrected chi connectivity index (χ1v) is 7.05. The van der Waals surface area contributed by atoms with E-state index in [1.165, 1.54) is 30.1 Å². The van der Waals surface area contributed by atoms with Gasteiger partial charge in [-0.25, -0.2) is 0 Å². The first-order chi connectivity index (χ1) is 10.1. The lowest BCUT2D eigenvalue weighted by Gasteiger charge is -2.10. The second-order valence-electron chi connectivity index (χ2n) is 4.15. The third-order valence-corrected chi connectivity index (χ3v) is 3.65. The number of rotatable bonds is 5. The van der Waals surface area contributed by atoms with E-state index in [2.05, 4.69) is 10.3 Å². The van der Waals surface area contributed by atoms with Crippen LogP contribution in [0.3, 0.4) is 0 Å². The normalized spacial score (nSPS) is 10.1. The SMILES string of the molecule is NC(=O)CSc1ccccc1NC(=O)c1ccc(=O)[nH]c1. The highest BCUT2D eigenvalue weighted by molar-refractivity contribution is 8.00. The van der Waals surface area contributed by atoms with Crippen molar-refractivity contribution in [3.63, 3.8) is 0 Å². The Kier molecular flexibility index (Phi) is 4.78. The van der Waals surface area contributed by atoms with Crippen molar-refractivity contribution in [1.29, 1.82) is 0 Å². The molecular formula is C14H13N3O3S. The number of amides is 2. The molecule has 6 nitrogen and oxygen atoms in total. The molecule has 0 aliphatic rings. The number of anilines is 1. The van der Waals surface area contributed by atoms with Crippen molar-refractivity contribution in [2.75, 3.05) is 11.1 Å². The molecule has 4 N–H and O–H groups in total. The summed E-state index contributed by atoms with van der Waals surface area (Å²) in [6, 6.07) is 9.81. The summed E-state index contributed by atoms with van der Waals surface area (Å²) in [6.45, 7) is 0. The molecule has 2 rings (SSSR count). The topological polar surface area (TPSA) is 105 Å². The van der Waals surface area contributed by atoms with E-state index in [1.54, 1.807) is 24.3 Å². The number of aromatic nitrogens is 1. The predicted octanol–water partition coefficient (Wildman–Crippen LogP) is 1.20. The third kappa shape index (κ3) is 4.22. The van der Waals surface area contributed by atoms with Crippen molar-refractivity contribution in [1.82, 2.24) is 4.98 Å². The van der Waals surface area contributed by atoms with Crippen LogP contribution in [0.2, 0.25) is 0 Å². The number of carbonyl (C=O) groups excluding carboxylic acids is 2. The number of carbonyl (C=O) groups is 2. The minimum absolute atomic E-state index is 0.130. The first-order valence-electron chi connectivity index (χ1n) is 6.06. The van der Waals surface area contributed by atoms with E-state index in [4.69, 9.17) is 5.73 Å². The molecule has 0 aliphatic heterocycles. The molecule has 0 radical (unpaired) electrons. The van der Waals surface area contributed by atoms with Crippen LogP contribution in [-0.2, 0) is 4.79 Å². The van der Waals surface area contributed by atoms with E-state index in [-0.39, 0.29) is 17.2 Å². The molecule has 1 aromatic heterocycles. The maximum atomic E-state index is 12.1. The molecule has 1 heterocycles. The summed E-state index contributed by atoms with van der Waals surface area (Å²) in [5, 5.41) is 2.74. The van der Waals surface area contributed by atoms with Crippen molar-refractivity contribution in [2.45, 2.75) is 4.90 Å². The molecule has 0 aliphatic carbocycles. The molecule has 7 heteroatoms. The highest BCUT2D eigenvalue weighted by Gasteiger charge is 2.10. The highest BCUT2D eigenvalue weighted by atomic mass is 32.2. The summed E-state index contributed by atoms with van der Waals surface area (Å²) < 4.78 is 0. The van der Waals surface area contributed by atoms with Crippen molar-refractivity contribution in [2.24, 2.45) is 5.73 Å². The van der Waals surface area contributed by atoms with E-state index in [9.17, 15) is 14.4 Å². The monoisotopic (exact) mass is 303 g/mol. The molecule has 0 spiro atoms. The van der Waals surface area contributed by atoms with Crippen LogP contribution in [0.4, 0.5) is 5.69 Å². The zero-order valence-corrected chi connectivity index (χ0v) is 11.8. The van der Waals surface area contributed by atoms with Crippen LogP contribution in [-0.4, -0.2) is 22.6 Å². The summed E-state index contributed by atoms with van der Waals surface area (Å²) >= 11 is 1.25. The van der Waals surface area contributed by atoms with Crippen LogP contribution < -0.4 is 16.6 Å². The Hall–Kier alpha value is -2.54. The van der Waals surface area contributed by atoms with Gasteiger partial charge in [0.25, 0.3) is 5.91 Å². The number of hydrogen-bond acceptors (Lipinski definition) is 4. The van der Waals surface area contributed by atoms with Gasteiger partial charge in [-0.2, -0.15) is 0 Å². The number of aromatic amines is 1. The second-order valence-corrected chi connectivity index (χ2v) is 5.16. The first kappa shape index (κ1) is 14.9. The fourth-order valence-corrected chi connectivity index (χ4v) is 2.34. The molecule has 108 valence electrons. The predicted molar refractivity (Wildman–Crippen MR) is 81.4 cm³/mol. The van der Waals surface area contributed by atoms with Gasteiger partial charge < -0.3 is 16.0 Å². The molecule has 2 aromatic rings. The zero-order valence-electron chi connectivity index (χ0n) is 11.0. The Morgan fingerprint density at radius 2 is 1.95 bits per heavy atom. The number of hydrogen-bond donors (Lipinski definition) is 3. The van der Waals surface area contributed by atoms with Gasteiger partial charge in [0, 0.05) is 17.2 Å². The van der Waals surface area contributed by atoms with Crippen LogP contribution in [0.1, 0.15) is 10.4 Å². The van der Waals surface area contributed by atoms with Crippen molar-refractivity contribution < 1.29 is 9.59 Å². The summed E-state index contributed by atoms with van der Waals surface area (Å²) in [5.74, 6) is -0.647. The Morgan fingerprint density at radius 3 is 2.62 bits per heavy atom. The number of benzene rings is 1. The average molecular weight is 303 g/mol. The molecule has 0 fully saturated rings. The Labute approximate surface area is 124 Å². The maximum absolute atomic E-state index is 12.1. The minimum Gasteiger partial charge on any atom is -0.369 e. The Balaban J connectivity index is 2.15. The lowest BCUT2D eigenvalue weighted by molar-refractivity contribution is -0.115. The number of primary amides is 1. The van der Waals surface area contributed by atoms with E-state index in [1.807, 2.05) is 0 Å². The van der Waals surface area contributed by atoms with Crippen LogP contribution >= 0.6 is 11.8 Å². The van der Waals surface area contributed by atoms with Gasteiger partial charge in [-0.05, 0) is 18.2 Å². The zero-order chi connectivity index (χ0) is 15.2. The van der Waals surface area contributed by atoms with Gasteiger partial charge in [-0.3, -0.25) is 14.4 Å². The molecule has 0 atom stereocenters. The van der Waals surface area contributed by atoms with Crippen LogP contribution in [0, 0.1) is 0 Å². The van der Waals surface area contributed by atoms with Gasteiger partial charge in [0.15, 0.2) is 0 Å². The second kappa shape index (κ2) is 6.76. The summed E-state index contributed by atoms with van der Waals surface area (Å²) in [4.78, 5) is 37.1. The lowest BCUT2D eigenvalue weighted by Crippen LogP contribution is -2.16. The van der Waals surface area contributed by atoms with Crippen molar-refractivity contribution >= 4 is 29.3 Å². The quantitative estimate of drug-likeness (QED) is 0.722. The van der Waals surface area contributed by atoms with E-state index in [0.717, 1.165) is 4.90 Å². The third-order valence-electron chi connectivity index (χ3n) is 2.55. The number of H-pyrrole nitrogens is 1. The highest BCUT2D eigenvalue weighted by Crippen LogP contribution is 2.26. The van der Waals surface area contributed by atoms with Crippen LogP contribution in [0.15, 0.2) is 52.3 Å². The molecule has 2 amide bonds. The number of pyridine rings is 1. The molecule has 0 saturated heterocycles. The Bertz CT molecular complexity index is 707. The lowest BCUT2D eigenvalue weighted by atomic mass is 10.2.